The van der Waals surface area contributed by atoms with Gasteiger partial charge >= 0.3 is 0 Å². The second-order valence-electron chi connectivity index (χ2n) is 6.70. The van der Waals surface area contributed by atoms with Crippen molar-refractivity contribution in [1.82, 2.24) is 0 Å². The Kier molecular flexibility index (Phi) is 2.43. The molecule has 2 rings (SSSR count). The summed E-state index contributed by atoms with van der Waals surface area (Å²) in [6.45, 7) is 11.3. The molecule has 0 saturated heterocycles. The highest BCUT2D eigenvalue weighted by Crippen LogP contribution is 2.57. The van der Waals surface area contributed by atoms with E-state index in [0.717, 1.165) is 0 Å². The van der Waals surface area contributed by atoms with Gasteiger partial charge in [-0.25, -0.2) is 0 Å². The fourth-order valence-electron chi connectivity index (χ4n) is 2.51. The topological polar surface area (TPSA) is 26.0 Å². The Hall–Kier alpha value is -0.820. The molecule has 16 heavy (non-hydrogen) atoms. The zero-order chi connectivity index (χ0) is 12.1. The Balaban J connectivity index is 2.32. The summed E-state index contributed by atoms with van der Waals surface area (Å²) in [6.07, 6.45) is 0. The first-order valence-corrected chi connectivity index (χ1v) is 6.10. The monoisotopic (exact) mass is 217 g/mol. The van der Waals surface area contributed by atoms with E-state index in [9.17, 15) is 0 Å². The van der Waals surface area contributed by atoms with Crippen LogP contribution >= 0.6 is 0 Å². The second kappa shape index (κ2) is 3.33. The van der Waals surface area contributed by atoms with Gasteiger partial charge in [0.15, 0.2) is 0 Å². The molecule has 0 amide bonds. The predicted octanol–water partition coefficient (Wildman–Crippen LogP) is 3.43. The quantitative estimate of drug-likeness (QED) is 0.766. The molecule has 1 aromatic carbocycles. The van der Waals surface area contributed by atoms with Crippen LogP contribution < -0.4 is 5.73 Å². The third-order valence-electron chi connectivity index (χ3n) is 4.02. The highest BCUT2D eigenvalue weighted by Gasteiger charge is 2.56. The Morgan fingerprint density at radius 3 is 2.19 bits per heavy atom. The molecule has 88 valence electrons. The molecule has 2 atom stereocenters. The van der Waals surface area contributed by atoms with E-state index in [-0.39, 0.29) is 10.8 Å². The van der Waals surface area contributed by atoms with Gasteiger partial charge < -0.3 is 5.73 Å². The molecule has 0 spiro atoms. The molecule has 0 heterocycles. The van der Waals surface area contributed by atoms with Crippen LogP contribution in [0.1, 0.15) is 51.7 Å². The summed E-state index contributed by atoms with van der Waals surface area (Å²) in [7, 11) is 0. The first-order chi connectivity index (χ1) is 7.24. The second-order valence-corrected chi connectivity index (χ2v) is 6.70. The van der Waals surface area contributed by atoms with Crippen LogP contribution in [0.5, 0.6) is 0 Å². The SMILES string of the molecule is CC(C)(C)c1cccc([C@@H]2[C@@H](N)C2(C)C)c1. The van der Waals surface area contributed by atoms with Crippen molar-refractivity contribution >= 4 is 0 Å². The van der Waals surface area contributed by atoms with E-state index in [0.29, 0.717) is 12.0 Å². The molecule has 1 aliphatic rings. The Morgan fingerprint density at radius 1 is 1.19 bits per heavy atom. The third kappa shape index (κ3) is 1.78. The fourth-order valence-corrected chi connectivity index (χ4v) is 2.51. The van der Waals surface area contributed by atoms with E-state index < -0.39 is 0 Å². The summed E-state index contributed by atoms with van der Waals surface area (Å²) in [4.78, 5) is 0. The zero-order valence-corrected chi connectivity index (χ0v) is 11.0. The molecule has 1 fully saturated rings. The number of benzene rings is 1. The minimum Gasteiger partial charge on any atom is -0.327 e. The average Bonchev–Trinajstić information content (AvgIpc) is 2.65. The third-order valence-corrected chi connectivity index (χ3v) is 4.02. The summed E-state index contributed by atoms with van der Waals surface area (Å²) in [6, 6.07) is 9.25. The summed E-state index contributed by atoms with van der Waals surface area (Å²) in [5.41, 5.74) is 9.44. The van der Waals surface area contributed by atoms with E-state index in [1.807, 2.05) is 0 Å². The normalized spacial score (nSPS) is 27.9. The maximum atomic E-state index is 6.14. The van der Waals surface area contributed by atoms with Crippen molar-refractivity contribution in [1.29, 1.82) is 0 Å². The lowest BCUT2D eigenvalue weighted by Gasteiger charge is -2.20. The molecule has 0 bridgehead atoms. The first kappa shape index (κ1) is 11.7. The van der Waals surface area contributed by atoms with Gasteiger partial charge in [-0.1, -0.05) is 58.9 Å². The van der Waals surface area contributed by atoms with Gasteiger partial charge in [0.2, 0.25) is 0 Å². The van der Waals surface area contributed by atoms with Crippen LogP contribution in [0, 0.1) is 5.41 Å². The van der Waals surface area contributed by atoms with Crippen molar-refractivity contribution < 1.29 is 0 Å². The van der Waals surface area contributed by atoms with E-state index in [1.165, 1.54) is 11.1 Å². The lowest BCUT2D eigenvalue weighted by atomic mass is 9.85. The summed E-state index contributed by atoms with van der Waals surface area (Å²) < 4.78 is 0. The Bertz CT molecular complexity index is 398. The molecule has 1 aliphatic carbocycles. The van der Waals surface area contributed by atoms with Crippen molar-refractivity contribution in [3.8, 4) is 0 Å². The van der Waals surface area contributed by atoms with Crippen LogP contribution in [-0.2, 0) is 5.41 Å². The van der Waals surface area contributed by atoms with Crippen molar-refractivity contribution in [3.05, 3.63) is 35.4 Å². The lowest BCUT2D eigenvalue weighted by Crippen LogP contribution is -2.11. The van der Waals surface area contributed by atoms with Gasteiger partial charge in [0.05, 0.1) is 0 Å². The molecule has 0 aliphatic heterocycles. The van der Waals surface area contributed by atoms with E-state index in [2.05, 4.69) is 58.9 Å². The van der Waals surface area contributed by atoms with Crippen LogP contribution in [0.25, 0.3) is 0 Å². The number of nitrogens with two attached hydrogens (primary N) is 1. The predicted molar refractivity (Wildman–Crippen MR) is 69.6 cm³/mol. The molecule has 1 saturated carbocycles. The fraction of sp³-hybridized carbons (Fsp3) is 0.600. The van der Waals surface area contributed by atoms with Gasteiger partial charge in [0.1, 0.15) is 0 Å². The molecule has 0 radical (unpaired) electrons. The molecule has 1 heteroatoms. The van der Waals surface area contributed by atoms with E-state index in [4.69, 9.17) is 5.73 Å². The number of rotatable bonds is 1. The van der Waals surface area contributed by atoms with Crippen molar-refractivity contribution in [2.24, 2.45) is 11.1 Å². The maximum Gasteiger partial charge on any atom is 0.0172 e. The van der Waals surface area contributed by atoms with Crippen molar-refractivity contribution in [3.63, 3.8) is 0 Å². The standard InChI is InChI=1S/C15H23N/c1-14(2,3)11-8-6-7-10(9-11)12-13(16)15(12,4)5/h6-9,12-13H,16H2,1-5H3/t12-,13-/m1/s1. The van der Waals surface area contributed by atoms with Crippen LogP contribution in [0.3, 0.4) is 0 Å². The highest BCUT2D eigenvalue weighted by atomic mass is 14.8. The van der Waals surface area contributed by atoms with Crippen LogP contribution in [0.4, 0.5) is 0 Å². The smallest absolute Gasteiger partial charge is 0.0172 e. The molecule has 1 aromatic rings. The van der Waals surface area contributed by atoms with Crippen molar-refractivity contribution in [2.75, 3.05) is 0 Å². The van der Waals surface area contributed by atoms with Gasteiger partial charge in [0, 0.05) is 12.0 Å². The Labute approximate surface area is 99.0 Å². The van der Waals surface area contributed by atoms with E-state index in [1.54, 1.807) is 0 Å². The van der Waals surface area contributed by atoms with Crippen molar-refractivity contribution in [2.45, 2.75) is 52.0 Å². The zero-order valence-electron chi connectivity index (χ0n) is 11.0. The molecule has 2 N–H and O–H groups in total. The minimum absolute atomic E-state index is 0.221. The summed E-state index contributed by atoms with van der Waals surface area (Å²) in [5.74, 6) is 0.537. The van der Waals surface area contributed by atoms with Crippen LogP contribution in [0.2, 0.25) is 0 Å². The molecular weight excluding hydrogens is 194 g/mol. The number of hydrogen-bond donors (Lipinski definition) is 1. The molecule has 1 nitrogen and oxygen atoms in total. The lowest BCUT2D eigenvalue weighted by molar-refractivity contribution is 0.584. The average molecular weight is 217 g/mol. The van der Waals surface area contributed by atoms with Gasteiger partial charge in [-0.2, -0.15) is 0 Å². The van der Waals surface area contributed by atoms with E-state index >= 15 is 0 Å². The van der Waals surface area contributed by atoms with Gasteiger partial charge in [-0.15, -0.1) is 0 Å². The summed E-state index contributed by atoms with van der Waals surface area (Å²) in [5, 5.41) is 0. The van der Waals surface area contributed by atoms with Gasteiger partial charge in [-0.3, -0.25) is 0 Å². The molecule has 0 unspecified atom stereocenters. The van der Waals surface area contributed by atoms with Gasteiger partial charge in [0.25, 0.3) is 0 Å². The first-order valence-electron chi connectivity index (χ1n) is 6.10. The van der Waals surface area contributed by atoms with Gasteiger partial charge in [-0.05, 0) is 22.0 Å². The number of hydrogen-bond acceptors (Lipinski definition) is 1. The maximum absolute atomic E-state index is 6.14. The molecule has 0 aromatic heterocycles. The molecular formula is C15H23N. The highest BCUT2D eigenvalue weighted by molar-refractivity contribution is 5.38. The van der Waals surface area contributed by atoms with Crippen LogP contribution in [-0.4, -0.2) is 6.04 Å². The Morgan fingerprint density at radius 2 is 1.75 bits per heavy atom. The minimum atomic E-state index is 0.221. The van der Waals surface area contributed by atoms with Crippen LogP contribution in [0.15, 0.2) is 24.3 Å². The summed E-state index contributed by atoms with van der Waals surface area (Å²) >= 11 is 0. The largest absolute Gasteiger partial charge is 0.327 e.